The highest BCUT2D eigenvalue weighted by molar-refractivity contribution is 5.93. The number of esters is 1. The molecular formula is C22H33N3O4. The second kappa shape index (κ2) is 10.4. The zero-order chi connectivity index (χ0) is 21.6. The van der Waals surface area contributed by atoms with Crippen LogP contribution in [0.5, 0.6) is 0 Å². The molecule has 1 aliphatic rings. The van der Waals surface area contributed by atoms with E-state index in [0.29, 0.717) is 32.5 Å². The SMILES string of the molecule is CCOC(=O)C1CCN(C(=O)[C@H](C)N(C)CC(=O)Nc2cccc(C)c2C)CC1. The van der Waals surface area contributed by atoms with Crippen LogP contribution < -0.4 is 5.32 Å². The van der Waals surface area contributed by atoms with Crippen LogP contribution in [0.15, 0.2) is 18.2 Å². The summed E-state index contributed by atoms with van der Waals surface area (Å²) in [6, 6.07) is 5.37. The van der Waals surface area contributed by atoms with E-state index >= 15 is 0 Å². The molecule has 0 unspecified atom stereocenters. The minimum Gasteiger partial charge on any atom is -0.466 e. The van der Waals surface area contributed by atoms with Crippen molar-refractivity contribution in [1.29, 1.82) is 0 Å². The Kier molecular flexibility index (Phi) is 8.20. The van der Waals surface area contributed by atoms with Crippen molar-refractivity contribution in [2.45, 2.75) is 46.6 Å². The van der Waals surface area contributed by atoms with Crippen molar-refractivity contribution >= 4 is 23.5 Å². The molecule has 0 saturated carbocycles. The second-order valence-corrected chi connectivity index (χ2v) is 7.74. The smallest absolute Gasteiger partial charge is 0.309 e. The molecule has 0 bridgehead atoms. The summed E-state index contributed by atoms with van der Waals surface area (Å²) < 4.78 is 5.08. The van der Waals surface area contributed by atoms with Crippen LogP contribution in [0.4, 0.5) is 5.69 Å². The third kappa shape index (κ3) is 6.03. The van der Waals surface area contributed by atoms with Gasteiger partial charge in [-0.2, -0.15) is 0 Å². The van der Waals surface area contributed by atoms with Crippen LogP contribution in [0.3, 0.4) is 0 Å². The number of aryl methyl sites for hydroxylation is 1. The number of ether oxygens (including phenoxy) is 1. The third-order valence-electron chi connectivity index (χ3n) is 5.72. The van der Waals surface area contributed by atoms with Gasteiger partial charge in [-0.15, -0.1) is 0 Å². The Bertz CT molecular complexity index is 742. The number of carbonyl (C=O) groups excluding carboxylic acids is 3. The molecule has 1 aromatic rings. The van der Waals surface area contributed by atoms with E-state index < -0.39 is 6.04 Å². The molecule has 1 aromatic carbocycles. The van der Waals surface area contributed by atoms with Crippen molar-refractivity contribution in [2.24, 2.45) is 5.92 Å². The molecule has 0 aromatic heterocycles. The summed E-state index contributed by atoms with van der Waals surface area (Å²) in [4.78, 5) is 40.6. The molecular weight excluding hydrogens is 370 g/mol. The molecule has 0 spiro atoms. The monoisotopic (exact) mass is 403 g/mol. The van der Waals surface area contributed by atoms with Gasteiger partial charge < -0.3 is 15.0 Å². The van der Waals surface area contributed by atoms with Crippen LogP contribution in [-0.4, -0.2) is 66.9 Å². The van der Waals surface area contributed by atoms with E-state index in [1.54, 1.807) is 23.8 Å². The minimum absolute atomic E-state index is 0.0191. The fourth-order valence-corrected chi connectivity index (χ4v) is 3.49. The summed E-state index contributed by atoms with van der Waals surface area (Å²) in [7, 11) is 1.77. The fraction of sp³-hybridized carbons (Fsp3) is 0.591. The third-order valence-corrected chi connectivity index (χ3v) is 5.72. The van der Waals surface area contributed by atoms with Crippen LogP contribution >= 0.6 is 0 Å². The lowest BCUT2D eigenvalue weighted by atomic mass is 9.96. The first kappa shape index (κ1) is 22.9. The summed E-state index contributed by atoms with van der Waals surface area (Å²) in [6.07, 6.45) is 1.24. The van der Waals surface area contributed by atoms with Gasteiger partial charge in [-0.25, -0.2) is 0 Å². The Morgan fingerprint density at radius 1 is 1.24 bits per heavy atom. The van der Waals surface area contributed by atoms with Gasteiger partial charge in [0, 0.05) is 18.8 Å². The Balaban J connectivity index is 1.85. The molecule has 1 atom stereocenters. The van der Waals surface area contributed by atoms with Crippen LogP contribution in [0.2, 0.25) is 0 Å². The molecule has 7 heteroatoms. The van der Waals surface area contributed by atoms with Crippen molar-refractivity contribution in [3.05, 3.63) is 29.3 Å². The maximum atomic E-state index is 12.8. The summed E-state index contributed by atoms with van der Waals surface area (Å²) in [6.45, 7) is 9.16. The first-order chi connectivity index (χ1) is 13.7. The Labute approximate surface area is 173 Å². The van der Waals surface area contributed by atoms with E-state index in [2.05, 4.69) is 5.32 Å². The van der Waals surface area contributed by atoms with E-state index in [0.717, 1.165) is 16.8 Å². The van der Waals surface area contributed by atoms with Gasteiger partial charge in [0.1, 0.15) is 0 Å². The number of likely N-dealkylation sites (tertiary alicyclic amines) is 1. The molecule has 1 N–H and O–H groups in total. The van der Waals surface area contributed by atoms with Gasteiger partial charge in [-0.3, -0.25) is 19.3 Å². The number of anilines is 1. The number of hydrogen-bond donors (Lipinski definition) is 1. The predicted octanol–water partition coefficient (Wildman–Crippen LogP) is 2.36. The Morgan fingerprint density at radius 3 is 2.52 bits per heavy atom. The molecule has 29 heavy (non-hydrogen) atoms. The lowest BCUT2D eigenvalue weighted by Crippen LogP contribution is -2.50. The van der Waals surface area contributed by atoms with Crippen LogP contribution in [-0.2, 0) is 19.1 Å². The topological polar surface area (TPSA) is 79.0 Å². The molecule has 160 valence electrons. The number of nitrogens with zero attached hydrogens (tertiary/aromatic N) is 2. The van der Waals surface area contributed by atoms with Gasteiger partial charge >= 0.3 is 5.97 Å². The summed E-state index contributed by atoms with van der Waals surface area (Å²) in [5, 5.41) is 2.93. The van der Waals surface area contributed by atoms with E-state index in [-0.39, 0.29) is 30.2 Å². The number of piperidine rings is 1. The molecule has 7 nitrogen and oxygen atoms in total. The van der Waals surface area contributed by atoms with Gasteiger partial charge in [-0.1, -0.05) is 12.1 Å². The number of nitrogens with one attached hydrogen (secondary N) is 1. The quantitative estimate of drug-likeness (QED) is 0.707. The lowest BCUT2D eigenvalue weighted by molar-refractivity contribution is -0.152. The van der Waals surface area contributed by atoms with Gasteiger partial charge in [0.05, 0.1) is 25.1 Å². The molecule has 1 fully saturated rings. The number of benzene rings is 1. The minimum atomic E-state index is -0.418. The lowest BCUT2D eigenvalue weighted by Gasteiger charge is -2.34. The number of carbonyl (C=O) groups is 3. The molecule has 1 saturated heterocycles. The van der Waals surface area contributed by atoms with Crippen molar-refractivity contribution < 1.29 is 19.1 Å². The van der Waals surface area contributed by atoms with Crippen molar-refractivity contribution in [3.8, 4) is 0 Å². The van der Waals surface area contributed by atoms with Gasteiger partial charge in [0.15, 0.2) is 0 Å². The second-order valence-electron chi connectivity index (χ2n) is 7.74. The molecule has 1 heterocycles. The van der Waals surface area contributed by atoms with E-state index in [4.69, 9.17) is 4.74 Å². The van der Waals surface area contributed by atoms with Gasteiger partial charge in [-0.05, 0) is 64.8 Å². The van der Waals surface area contributed by atoms with Crippen molar-refractivity contribution in [2.75, 3.05) is 38.6 Å². The van der Waals surface area contributed by atoms with E-state index in [9.17, 15) is 14.4 Å². The standard InChI is InChI=1S/C22H33N3O4/c1-6-29-22(28)18-10-12-25(13-11-18)21(27)17(4)24(5)14-20(26)23-19-9-7-8-15(2)16(19)3/h7-9,17-18H,6,10-14H2,1-5H3,(H,23,26)/t17-/m0/s1. The van der Waals surface area contributed by atoms with Gasteiger partial charge in [0.2, 0.25) is 11.8 Å². The molecule has 0 aliphatic carbocycles. The zero-order valence-corrected chi connectivity index (χ0v) is 18.2. The number of hydrogen-bond acceptors (Lipinski definition) is 5. The first-order valence-electron chi connectivity index (χ1n) is 10.3. The maximum Gasteiger partial charge on any atom is 0.309 e. The summed E-state index contributed by atoms with van der Waals surface area (Å²) in [5.74, 6) is -0.473. The summed E-state index contributed by atoms with van der Waals surface area (Å²) in [5.41, 5.74) is 2.95. The predicted molar refractivity (Wildman–Crippen MR) is 113 cm³/mol. The Hall–Kier alpha value is -2.41. The first-order valence-corrected chi connectivity index (χ1v) is 10.3. The van der Waals surface area contributed by atoms with Crippen molar-refractivity contribution in [1.82, 2.24) is 9.80 Å². The van der Waals surface area contributed by atoms with Gasteiger partial charge in [0.25, 0.3) is 0 Å². The summed E-state index contributed by atoms with van der Waals surface area (Å²) >= 11 is 0. The zero-order valence-electron chi connectivity index (χ0n) is 18.2. The molecule has 0 radical (unpaired) electrons. The van der Waals surface area contributed by atoms with Crippen LogP contribution in [0, 0.1) is 19.8 Å². The van der Waals surface area contributed by atoms with Crippen molar-refractivity contribution in [3.63, 3.8) is 0 Å². The highest BCUT2D eigenvalue weighted by atomic mass is 16.5. The highest BCUT2D eigenvalue weighted by Crippen LogP contribution is 2.20. The molecule has 2 rings (SSSR count). The Morgan fingerprint density at radius 2 is 1.90 bits per heavy atom. The number of rotatable bonds is 7. The average molecular weight is 404 g/mol. The maximum absolute atomic E-state index is 12.8. The highest BCUT2D eigenvalue weighted by Gasteiger charge is 2.31. The normalized spacial score (nSPS) is 15.9. The van der Waals surface area contributed by atoms with E-state index in [1.165, 1.54) is 0 Å². The average Bonchev–Trinajstić information content (AvgIpc) is 2.70. The van der Waals surface area contributed by atoms with Crippen LogP contribution in [0.1, 0.15) is 37.8 Å². The van der Waals surface area contributed by atoms with E-state index in [1.807, 2.05) is 39.0 Å². The largest absolute Gasteiger partial charge is 0.466 e. The van der Waals surface area contributed by atoms with Crippen LogP contribution in [0.25, 0.3) is 0 Å². The number of likely N-dealkylation sites (N-methyl/N-ethyl adjacent to an activating group) is 1. The molecule has 1 aliphatic heterocycles. The fourth-order valence-electron chi connectivity index (χ4n) is 3.49. The molecule has 2 amide bonds. The number of amides is 2.